The lowest BCUT2D eigenvalue weighted by molar-refractivity contribution is -0.124. The van der Waals surface area contributed by atoms with Gasteiger partial charge in [-0.15, -0.1) is 0 Å². The Morgan fingerprint density at radius 2 is 1.95 bits per heavy atom. The Labute approximate surface area is 217 Å². The van der Waals surface area contributed by atoms with Crippen molar-refractivity contribution in [3.63, 3.8) is 0 Å². The van der Waals surface area contributed by atoms with Crippen LogP contribution >= 0.6 is 0 Å². The lowest BCUT2D eigenvalue weighted by Crippen LogP contribution is -2.33. The number of carbonyl (C=O) groups is 1. The summed E-state index contributed by atoms with van der Waals surface area (Å²) in [5.74, 6) is -1.03. The van der Waals surface area contributed by atoms with Crippen molar-refractivity contribution < 1.29 is 13.9 Å². The predicted octanol–water partition coefficient (Wildman–Crippen LogP) is 4.19. The fourth-order valence-electron chi connectivity index (χ4n) is 4.10. The van der Waals surface area contributed by atoms with Crippen LogP contribution in [0.3, 0.4) is 0 Å². The molecule has 2 N–H and O–H groups in total. The highest BCUT2D eigenvalue weighted by atomic mass is 19.1. The zero-order valence-electron chi connectivity index (χ0n) is 22.3. The van der Waals surface area contributed by atoms with Gasteiger partial charge >= 0.3 is 0 Å². The molecular weight excluding hydrogens is 473 g/mol. The van der Waals surface area contributed by atoms with Crippen molar-refractivity contribution >= 4 is 23.5 Å². The number of amides is 1. The van der Waals surface area contributed by atoms with Crippen LogP contribution in [0.1, 0.15) is 39.2 Å². The third kappa shape index (κ3) is 7.12. The van der Waals surface area contributed by atoms with E-state index in [2.05, 4.69) is 50.6 Å². The summed E-state index contributed by atoms with van der Waals surface area (Å²) in [6, 6.07) is 0. The minimum absolute atomic E-state index is 0.0302. The normalized spacial score (nSPS) is 20.3. The van der Waals surface area contributed by atoms with Crippen LogP contribution in [0.5, 0.6) is 0 Å². The monoisotopic (exact) mass is 509 g/mol. The number of ether oxygens (including phenoxy) is 1. The van der Waals surface area contributed by atoms with E-state index in [4.69, 9.17) is 4.74 Å². The first kappa shape index (κ1) is 27.8. The van der Waals surface area contributed by atoms with E-state index in [0.29, 0.717) is 18.4 Å². The average molecular weight is 510 g/mol. The SMILES string of the molecule is CNC(=O)C1C=C(OC)C(F)=C(CCc2cncnc2)C1C.CNc1cnn(C2=CCC(C)(C)N=C2)c1. The van der Waals surface area contributed by atoms with Gasteiger partial charge in [0.05, 0.1) is 42.3 Å². The molecule has 1 aliphatic carbocycles. The number of dihydropyridines is 1. The number of rotatable bonds is 7. The second-order valence-corrected chi connectivity index (χ2v) is 9.58. The van der Waals surface area contributed by atoms with E-state index in [1.54, 1.807) is 31.7 Å². The highest BCUT2D eigenvalue weighted by Crippen LogP contribution is 2.37. The second-order valence-electron chi connectivity index (χ2n) is 9.58. The molecule has 2 aliphatic rings. The highest BCUT2D eigenvalue weighted by Gasteiger charge is 2.33. The van der Waals surface area contributed by atoms with E-state index >= 15 is 0 Å². The smallest absolute Gasteiger partial charge is 0.227 e. The van der Waals surface area contributed by atoms with E-state index in [-0.39, 0.29) is 29.0 Å². The number of allylic oxidation sites excluding steroid dienone is 3. The molecule has 0 fully saturated rings. The summed E-state index contributed by atoms with van der Waals surface area (Å²) in [5.41, 5.74) is 3.60. The van der Waals surface area contributed by atoms with Crippen molar-refractivity contribution in [2.45, 2.75) is 45.6 Å². The molecule has 37 heavy (non-hydrogen) atoms. The summed E-state index contributed by atoms with van der Waals surface area (Å²) in [5, 5.41) is 9.92. The summed E-state index contributed by atoms with van der Waals surface area (Å²) in [6.45, 7) is 6.11. The predicted molar refractivity (Wildman–Crippen MR) is 144 cm³/mol. The lowest BCUT2D eigenvalue weighted by Gasteiger charge is -2.28. The zero-order chi connectivity index (χ0) is 27.0. The Morgan fingerprint density at radius 1 is 1.22 bits per heavy atom. The summed E-state index contributed by atoms with van der Waals surface area (Å²) in [6.07, 6.45) is 16.3. The fourth-order valence-corrected chi connectivity index (χ4v) is 4.10. The zero-order valence-corrected chi connectivity index (χ0v) is 22.3. The fraction of sp³-hybridized carbons (Fsp3) is 0.444. The highest BCUT2D eigenvalue weighted by molar-refractivity contribution is 6.03. The van der Waals surface area contributed by atoms with Crippen molar-refractivity contribution in [3.8, 4) is 0 Å². The molecule has 4 rings (SSSR count). The number of anilines is 1. The number of aliphatic imine (C=N–C) groups is 1. The molecule has 9 nitrogen and oxygen atoms in total. The van der Waals surface area contributed by atoms with E-state index in [0.717, 1.165) is 23.4 Å². The largest absolute Gasteiger partial charge is 0.494 e. The van der Waals surface area contributed by atoms with Gasteiger partial charge in [-0.25, -0.2) is 19.0 Å². The Morgan fingerprint density at radius 3 is 2.51 bits per heavy atom. The average Bonchev–Trinajstić information content (AvgIpc) is 3.39. The van der Waals surface area contributed by atoms with E-state index < -0.39 is 5.92 Å². The van der Waals surface area contributed by atoms with Crippen molar-refractivity contribution in [2.75, 3.05) is 26.5 Å². The van der Waals surface area contributed by atoms with Gasteiger partial charge in [0.1, 0.15) is 6.33 Å². The molecule has 0 aromatic carbocycles. The first-order valence-corrected chi connectivity index (χ1v) is 12.3. The molecule has 0 saturated carbocycles. The molecule has 0 spiro atoms. The Bertz CT molecular complexity index is 1200. The molecule has 1 amide bonds. The summed E-state index contributed by atoms with van der Waals surface area (Å²) in [7, 11) is 4.86. The Hall–Kier alpha value is -3.82. The number of halogens is 1. The summed E-state index contributed by atoms with van der Waals surface area (Å²) in [4.78, 5) is 24.4. The first-order chi connectivity index (χ1) is 17.7. The van der Waals surface area contributed by atoms with E-state index in [1.807, 2.05) is 31.1 Å². The Balaban J connectivity index is 0.000000220. The quantitative estimate of drug-likeness (QED) is 0.580. The van der Waals surface area contributed by atoms with Gasteiger partial charge in [0, 0.05) is 32.7 Å². The number of hydrogen-bond acceptors (Lipinski definition) is 7. The molecular formula is C27H36FN7O2. The summed E-state index contributed by atoms with van der Waals surface area (Å²) >= 11 is 0. The molecule has 0 saturated heterocycles. The molecule has 0 bridgehead atoms. The minimum atomic E-state index is -0.429. The van der Waals surface area contributed by atoms with Gasteiger partial charge in [-0.05, 0) is 56.2 Å². The number of nitrogens with zero attached hydrogens (tertiary/aromatic N) is 5. The van der Waals surface area contributed by atoms with Gasteiger partial charge < -0.3 is 15.4 Å². The summed E-state index contributed by atoms with van der Waals surface area (Å²) < 4.78 is 21.5. The molecule has 2 aromatic rings. The van der Waals surface area contributed by atoms with Gasteiger partial charge in [-0.3, -0.25) is 9.79 Å². The lowest BCUT2D eigenvalue weighted by atomic mass is 9.79. The van der Waals surface area contributed by atoms with Gasteiger partial charge in [-0.2, -0.15) is 5.10 Å². The molecule has 2 atom stereocenters. The maximum Gasteiger partial charge on any atom is 0.227 e. The molecule has 2 unspecified atom stereocenters. The second kappa shape index (κ2) is 12.4. The van der Waals surface area contributed by atoms with Crippen LogP contribution in [-0.4, -0.2) is 58.6 Å². The molecule has 198 valence electrons. The number of aromatic nitrogens is 4. The number of methoxy groups -OCH3 is 1. The Kier molecular flexibility index (Phi) is 9.32. The van der Waals surface area contributed by atoms with Crippen molar-refractivity contribution in [1.29, 1.82) is 0 Å². The number of carbonyl (C=O) groups excluding carboxylic acids is 1. The minimum Gasteiger partial charge on any atom is -0.494 e. The van der Waals surface area contributed by atoms with Gasteiger partial charge in [0.25, 0.3) is 0 Å². The molecule has 3 heterocycles. The van der Waals surface area contributed by atoms with Crippen molar-refractivity contribution in [2.24, 2.45) is 16.8 Å². The maximum absolute atomic E-state index is 14.5. The third-order valence-corrected chi connectivity index (χ3v) is 6.48. The van der Waals surface area contributed by atoms with Crippen molar-refractivity contribution in [1.82, 2.24) is 25.1 Å². The molecule has 2 aromatic heterocycles. The topological polar surface area (TPSA) is 106 Å². The van der Waals surface area contributed by atoms with Crippen LogP contribution in [0.2, 0.25) is 0 Å². The molecule has 1 aliphatic heterocycles. The first-order valence-electron chi connectivity index (χ1n) is 12.3. The van der Waals surface area contributed by atoms with E-state index in [1.165, 1.54) is 13.4 Å². The number of nitrogens with one attached hydrogen (secondary N) is 2. The molecule has 0 radical (unpaired) electrons. The van der Waals surface area contributed by atoms with Gasteiger partial charge in [0.2, 0.25) is 5.91 Å². The van der Waals surface area contributed by atoms with Crippen molar-refractivity contribution in [3.05, 3.63) is 66.0 Å². The maximum atomic E-state index is 14.5. The van der Waals surface area contributed by atoms with E-state index in [9.17, 15) is 9.18 Å². The number of hydrogen-bond donors (Lipinski definition) is 2. The van der Waals surface area contributed by atoms with Gasteiger partial charge in [-0.1, -0.05) is 13.0 Å². The van der Waals surface area contributed by atoms with Crippen LogP contribution in [0.4, 0.5) is 10.1 Å². The number of aryl methyl sites for hydroxylation is 1. The van der Waals surface area contributed by atoms with Crippen LogP contribution in [0.25, 0.3) is 5.70 Å². The molecule has 10 heteroatoms. The third-order valence-electron chi connectivity index (χ3n) is 6.48. The van der Waals surface area contributed by atoms with Crippen LogP contribution in [0.15, 0.2) is 65.4 Å². The van der Waals surface area contributed by atoms with Crippen LogP contribution < -0.4 is 10.6 Å². The van der Waals surface area contributed by atoms with Crippen LogP contribution in [0, 0.1) is 11.8 Å². The van der Waals surface area contributed by atoms with Crippen LogP contribution in [-0.2, 0) is 16.0 Å². The van der Waals surface area contributed by atoms with Gasteiger partial charge in [0.15, 0.2) is 11.6 Å². The standard InChI is InChI=1S/C16H20FN3O2.C11H16N4/c1-10-12(5-4-11-7-19-9-20-8-11)15(17)14(22-3)6-13(10)16(21)18-2;1-11(2)5-4-10(7-13-11)15-8-9(12-3)6-14-15/h6-10,13H,4-5H2,1-3H3,(H,18,21);4,6-8,12H,5H2,1-3H3.